The van der Waals surface area contributed by atoms with Crippen LogP contribution in [0.3, 0.4) is 0 Å². The lowest BCUT2D eigenvalue weighted by Gasteiger charge is -2.19. The Balaban J connectivity index is 1.92. The molecule has 2 aliphatic rings. The summed E-state index contributed by atoms with van der Waals surface area (Å²) in [5.74, 6) is 0.613. The van der Waals surface area contributed by atoms with Crippen LogP contribution in [0.5, 0.6) is 0 Å². The van der Waals surface area contributed by atoms with E-state index in [9.17, 15) is 4.79 Å². The van der Waals surface area contributed by atoms with Gasteiger partial charge in [0.1, 0.15) is 5.84 Å². The van der Waals surface area contributed by atoms with Crippen molar-refractivity contribution in [3.05, 3.63) is 0 Å². The molecule has 2 saturated carbocycles. The molecule has 0 aromatic rings. The van der Waals surface area contributed by atoms with E-state index in [2.05, 4.69) is 10.5 Å². The Labute approximate surface area is 88.7 Å². The molecule has 5 heteroatoms. The van der Waals surface area contributed by atoms with Gasteiger partial charge in [-0.15, -0.1) is 0 Å². The molecule has 84 valence electrons. The van der Waals surface area contributed by atoms with Crippen LogP contribution in [0, 0.1) is 11.8 Å². The van der Waals surface area contributed by atoms with Gasteiger partial charge in [-0.25, -0.2) is 0 Å². The van der Waals surface area contributed by atoms with E-state index < -0.39 is 0 Å². The van der Waals surface area contributed by atoms with Gasteiger partial charge in [-0.1, -0.05) is 11.6 Å². The third-order valence-corrected chi connectivity index (χ3v) is 3.29. The molecule has 2 rings (SSSR count). The fourth-order valence-electron chi connectivity index (χ4n) is 2.21. The molecule has 5 nitrogen and oxygen atoms in total. The van der Waals surface area contributed by atoms with Gasteiger partial charge in [-0.3, -0.25) is 4.79 Å². The van der Waals surface area contributed by atoms with Crippen molar-refractivity contribution in [2.24, 2.45) is 22.7 Å². The van der Waals surface area contributed by atoms with E-state index in [4.69, 9.17) is 10.9 Å². The molecule has 0 aliphatic heterocycles. The number of amides is 1. The van der Waals surface area contributed by atoms with Gasteiger partial charge < -0.3 is 16.3 Å². The van der Waals surface area contributed by atoms with Crippen molar-refractivity contribution in [3.63, 3.8) is 0 Å². The minimum absolute atomic E-state index is 0.0118. The first kappa shape index (κ1) is 10.3. The zero-order valence-electron chi connectivity index (χ0n) is 8.65. The Morgan fingerprint density at radius 2 is 2.07 bits per heavy atom. The summed E-state index contributed by atoms with van der Waals surface area (Å²) in [6, 6.07) is 0.0639. The lowest BCUT2D eigenvalue weighted by Crippen LogP contribution is -2.43. The van der Waals surface area contributed by atoms with E-state index >= 15 is 0 Å². The topological polar surface area (TPSA) is 87.7 Å². The maximum absolute atomic E-state index is 11.6. The van der Waals surface area contributed by atoms with Crippen LogP contribution in [0.25, 0.3) is 0 Å². The molecule has 4 N–H and O–H groups in total. The number of oxime groups is 1. The van der Waals surface area contributed by atoms with E-state index in [0.717, 1.165) is 32.1 Å². The van der Waals surface area contributed by atoms with Crippen LogP contribution in [-0.2, 0) is 4.79 Å². The molecule has 0 heterocycles. The second-order valence-corrected chi connectivity index (χ2v) is 4.45. The highest BCUT2D eigenvalue weighted by Gasteiger charge is 2.36. The Kier molecular flexibility index (Phi) is 2.79. The standard InChI is InChI=1S/C10H17N3O2/c11-9(13-15)7-2-1-3-8(7)12-10(14)6-4-5-6/h6-8,15H,1-5H2,(H2,11,13)(H,12,14). The molecule has 15 heavy (non-hydrogen) atoms. The van der Waals surface area contributed by atoms with E-state index in [1.807, 2.05) is 0 Å². The van der Waals surface area contributed by atoms with Crippen molar-refractivity contribution in [1.29, 1.82) is 0 Å². The van der Waals surface area contributed by atoms with Crippen molar-refractivity contribution in [2.45, 2.75) is 38.1 Å². The van der Waals surface area contributed by atoms with Gasteiger partial charge in [0.05, 0.1) is 0 Å². The molecule has 2 atom stereocenters. The first-order chi connectivity index (χ1) is 7.22. The molecular formula is C10H17N3O2. The van der Waals surface area contributed by atoms with Gasteiger partial charge >= 0.3 is 0 Å². The molecule has 0 aromatic heterocycles. The van der Waals surface area contributed by atoms with Crippen molar-refractivity contribution in [1.82, 2.24) is 5.32 Å². The van der Waals surface area contributed by atoms with Gasteiger partial charge in [-0.05, 0) is 25.7 Å². The normalized spacial score (nSPS) is 31.6. The third-order valence-electron chi connectivity index (χ3n) is 3.29. The van der Waals surface area contributed by atoms with E-state index in [0.29, 0.717) is 0 Å². The fourth-order valence-corrected chi connectivity index (χ4v) is 2.21. The number of rotatable bonds is 3. The summed E-state index contributed by atoms with van der Waals surface area (Å²) in [4.78, 5) is 11.6. The summed E-state index contributed by atoms with van der Waals surface area (Å²) < 4.78 is 0. The molecule has 1 amide bonds. The van der Waals surface area contributed by atoms with Gasteiger partial charge in [0.25, 0.3) is 0 Å². The molecule has 0 spiro atoms. The van der Waals surface area contributed by atoms with Gasteiger partial charge in [0.2, 0.25) is 5.91 Å². The highest BCUT2D eigenvalue weighted by Crippen LogP contribution is 2.31. The Morgan fingerprint density at radius 3 is 2.67 bits per heavy atom. The number of carbonyl (C=O) groups excluding carboxylic acids is 1. The molecule has 0 saturated heterocycles. The second-order valence-electron chi connectivity index (χ2n) is 4.45. The molecule has 0 radical (unpaired) electrons. The maximum Gasteiger partial charge on any atom is 0.223 e. The number of hydrogen-bond donors (Lipinski definition) is 3. The summed E-state index contributed by atoms with van der Waals surface area (Å²) in [6.07, 6.45) is 4.86. The summed E-state index contributed by atoms with van der Waals surface area (Å²) >= 11 is 0. The quantitative estimate of drug-likeness (QED) is 0.274. The fraction of sp³-hybridized carbons (Fsp3) is 0.800. The highest BCUT2D eigenvalue weighted by molar-refractivity contribution is 5.85. The van der Waals surface area contributed by atoms with Crippen LogP contribution >= 0.6 is 0 Å². The van der Waals surface area contributed by atoms with Gasteiger partial charge in [-0.2, -0.15) is 0 Å². The zero-order chi connectivity index (χ0) is 10.8. The SMILES string of the molecule is NC(=NO)C1CCCC1NC(=O)C1CC1. The van der Waals surface area contributed by atoms with Crippen molar-refractivity contribution in [2.75, 3.05) is 0 Å². The molecular weight excluding hydrogens is 194 g/mol. The number of nitrogens with one attached hydrogen (secondary N) is 1. The summed E-state index contributed by atoms with van der Waals surface area (Å²) in [5, 5.41) is 14.6. The lowest BCUT2D eigenvalue weighted by molar-refractivity contribution is -0.123. The van der Waals surface area contributed by atoms with E-state index in [1.54, 1.807) is 0 Å². The monoisotopic (exact) mass is 211 g/mol. The van der Waals surface area contributed by atoms with Crippen LogP contribution in [0.1, 0.15) is 32.1 Å². The predicted molar refractivity (Wildman–Crippen MR) is 55.4 cm³/mol. The van der Waals surface area contributed by atoms with Crippen molar-refractivity contribution in [3.8, 4) is 0 Å². The largest absolute Gasteiger partial charge is 0.409 e. The number of carbonyl (C=O) groups is 1. The molecule has 2 unspecified atom stereocenters. The first-order valence-electron chi connectivity index (χ1n) is 5.50. The molecule has 2 fully saturated rings. The highest BCUT2D eigenvalue weighted by atomic mass is 16.4. The van der Waals surface area contributed by atoms with Crippen LogP contribution in [-0.4, -0.2) is 23.0 Å². The predicted octanol–water partition coefficient (Wildman–Crippen LogP) is 0.428. The van der Waals surface area contributed by atoms with Gasteiger partial charge in [0, 0.05) is 17.9 Å². The molecule has 2 aliphatic carbocycles. The summed E-state index contributed by atoms with van der Waals surface area (Å²) in [7, 11) is 0. The first-order valence-corrected chi connectivity index (χ1v) is 5.50. The second kappa shape index (κ2) is 4.08. The Morgan fingerprint density at radius 1 is 1.33 bits per heavy atom. The lowest BCUT2D eigenvalue weighted by atomic mass is 10.0. The summed E-state index contributed by atoms with van der Waals surface area (Å²) in [6.45, 7) is 0. The molecule has 0 aromatic carbocycles. The average molecular weight is 211 g/mol. The Hall–Kier alpha value is -1.26. The van der Waals surface area contributed by atoms with Crippen LogP contribution in [0.15, 0.2) is 5.16 Å². The van der Waals surface area contributed by atoms with Crippen molar-refractivity contribution >= 4 is 11.7 Å². The van der Waals surface area contributed by atoms with Gasteiger partial charge in [0.15, 0.2) is 0 Å². The Bertz CT molecular complexity index is 286. The minimum Gasteiger partial charge on any atom is -0.409 e. The van der Waals surface area contributed by atoms with E-state index in [-0.39, 0.29) is 29.6 Å². The number of hydrogen-bond acceptors (Lipinski definition) is 3. The van der Waals surface area contributed by atoms with E-state index in [1.165, 1.54) is 0 Å². The number of amidine groups is 1. The average Bonchev–Trinajstić information content (AvgIpc) is 2.99. The maximum atomic E-state index is 11.6. The van der Waals surface area contributed by atoms with Crippen molar-refractivity contribution < 1.29 is 10.0 Å². The smallest absolute Gasteiger partial charge is 0.223 e. The minimum atomic E-state index is 0.0118. The van der Waals surface area contributed by atoms with Crippen LogP contribution in [0.4, 0.5) is 0 Å². The summed E-state index contributed by atoms with van der Waals surface area (Å²) in [5.41, 5.74) is 5.58. The number of nitrogens with two attached hydrogens (primary N) is 1. The molecule has 0 bridgehead atoms. The van der Waals surface area contributed by atoms with Crippen LogP contribution < -0.4 is 11.1 Å². The zero-order valence-corrected chi connectivity index (χ0v) is 8.65. The third kappa shape index (κ3) is 2.22. The number of nitrogens with zero attached hydrogens (tertiary/aromatic N) is 1. The van der Waals surface area contributed by atoms with Crippen LogP contribution in [0.2, 0.25) is 0 Å².